The summed E-state index contributed by atoms with van der Waals surface area (Å²) in [6.45, 7) is 8.02. The van der Waals surface area contributed by atoms with Gasteiger partial charge < -0.3 is 15.0 Å². The second kappa shape index (κ2) is 7.74. The number of methoxy groups -OCH3 is 1. The number of hydrogen-bond donors (Lipinski definition) is 1. The lowest BCUT2D eigenvalue weighted by Crippen LogP contribution is -2.47. The summed E-state index contributed by atoms with van der Waals surface area (Å²) in [5.41, 5.74) is 0. The molecular weight excluding hydrogens is 228 g/mol. The Morgan fingerprint density at radius 3 is 2.67 bits per heavy atom. The van der Waals surface area contributed by atoms with Crippen LogP contribution in [0.1, 0.15) is 46.5 Å². The third-order valence-corrected chi connectivity index (χ3v) is 3.63. The molecule has 1 aliphatic heterocycles. The fourth-order valence-corrected chi connectivity index (χ4v) is 2.43. The highest BCUT2D eigenvalue weighted by Gasteiger charge is 2.32. The van der Waals surface area contributed by atoms with Crippen molar-refractivity contribution in [3.05, 3.63) is 0 Å². The molecule has 1 heterocycles. The van der Waals surface area contributed by atoms with Crippen LogP contribution in [-0.2, 0) is 9.53 Å². The first kappa shape index (κ1) is 15.4. The van der Waals surface area contributed by atoms with E-state index in [1.807, 2.05) is 4.90 Å². The van der Waals surface area contributed by atoms with Crippen molar-refractivity contribution in [1.82, 2.24) is 10.2 Å². The fourth-order valence-electron chi connectivity index (χ4n) is 2.43. The molecule has 1 fully saturated rings. The Morgan fingerprint density at radius 1 is 1.44 bits per heavy atom. The first-order chi connectivity index (χ1) is 8.60. The van der Waals surface area contributed by atoms with E-state index in [2.05, 4.69) is 26.1 Å². The zero-order valence-electron chi connectivity index (χ0n) is 12.2. The van der Waals surface area contributed by atoms with Gasteiger partial charge in [0.1, 0.15) is 0 Å². The minimum Gasteiger partial charge on any atom is -0.380 e. The van der Waals surface area contributed by atoms with Crippen molar-refractivity contribution in [3.8, 4) is 0 Å². The predicted octanol–water partition coefficient (Wildman–Crippen LogP) is 1.79. The molecule has 0 radical (unpaired) electrons. The monoisotopic (exact) mass is 256 g/mol. The van der Waals surface area contributed by atoms with Gasteiger partial charge in [-0.25, -0.2) is 0 Å². The first-order valence-electron chi connectivity index (χ1n) is 7.16. The molecule has 2 unspecified atom stereocenters. The van der Waals surface area contributed by atoms with Gasteiger partial charge in [0.05, 0.1) is 12.1 Å². The number of amides is 1. The van der Waals surface area contributed by atoms with E-state index >= 15 is 0 Å². The molecule has 1 N–H and O–H groups in total. The molecule has 0 bridgehead atoms. The van der Waals surface area contributed by atoms with Gasteiger partial charge in [-0.05, 0) is 26.7 Å². The predicted molar refractivity (Wildman–Crippen MR) is 73.6 cm³/mol. The maximum atomic E-state index is 12.5. The van der Waals surface area contributed by atoms with Crippen LogP contribution in [0.5, 0.6) is 0 Å². The van der Waals surface area contributed by atoms with E-state index in [0.717, 1.165) is 25.9 Å². The number of nitrogens with zero attached hydrogens (tertiary/aromatic N) is 1. The quantitative estimate of drug-likeness (QED) is 0.706. The van der Waals surface area contributed by atoms with Crippen LogP contribution in [-0.4, -0.2) is 49.2 Å². The minimum atomic E-state index is -0.0565. The van der Waals surface area contributed by atoms with E-state index < -0.39 is 0 Å². The van der Waals surface area contributed by atoms with Gasteiger partial charge in [0.25, 0.3) is 0 Å². The van der Waals surface area contributed by atoms with Gasteiger partial charge in [0.2, 0.25) is 5.91 Å². The number of hydrogen-bond acceptors (Lipinski definition) is 3. The molecule has 4 nitrogen and oxygen atoms in total. The van der Waals surface area contributed by atoms with Crippen LogP contribution in [0.15, 0.2) is 0 Å². The summed E-state index contributed by atoms with van der Waals surface area (Å²) in [6, 6.07) is 0.219. The van der Waals surface area contributed by atoms with Gasteiger partial charge in [-0.3, -0.25) is 4.79 Å². The zero-order chi connectivity index (χ0) is 13.5. The van der Waals surface area contributed by atoms with Crippen molar-refractivity contribution in [3.63, 3.8) is 0 Å². The lowest BCUT2D eigenvalue weighted by atomic mass is 10.1. The Morgan fingerprint density at radius 2 is 2.17 bits per heavy atom. The summed E-state index contributed by atoms with van der Waals surface area (Å²) < 4.78 is 5.30. The van der Waals surface area contributed by atoms with Crippen LogP contribution in [0.25, 0.3) is 0 Å². The Balaban J connectivity index is 2.49. The van der Waals surface area contributed by atoms with E-state index in [0.29, 0.717) is 0 Å². The second-order valence-electron chi connectivity index (χ2n) is 5.39. The molecule has 106 valence electrons. The fraction of sp³-hybridized carbons (Fsp3) is 0.929. The average molecular weight is 256 g/mol. The molecule has 4 heteroatoms. The lowest BCUT2D eigenvalue weighted by molar-refractivity contribution is -0.135. The van der Waals surface area contributed by atoms with Crippen LogP contribution in [0.4, 0.5) is 0 Å². The first-order valence-corrected chi connectivity index (χ1v) is 7.16. The van der Waals surface area contributed by atoms with Crippen molar-refractivity contribution in [2.75, 3.05) is 20.2 Å². The maximum absolute atomic E-state index is 12.5. The molecule has 1 amide bonds. The second-order valence-corrected chi connectivity index (χ2v) is 5.39. The maximum Gasteiger partial charge on any atom is 0.240 e. The van der Waals surface area contributed by atoms with Crippen molar-refractivity contribution >= 4 is 5.91 Å². The summed E-state index contributed by atoms with van der Waals surface area (Å²) in [5, 5.41) is 3.27. The van der Waals surface area contributed by atoms with Crippen molar-refractivity contribution in [2.24, 2.45) is 0 Å². The highest BCUT2D eigenvalue weighted by Crippen LogP contribution is 2.14. The van der Waals surface area contributed by atoms with E-state index in [9.17, 15) is 4.79 Å². The standard InChI is InChI=1S/C14H28N2O2/c1-5-6-7-8-16(11(2)3)14(17)13-9-12(18-4)10-15-13/h11-13,15H,5-10H2,1-4H3. The molecule has 0 saturated carbocycles. The molecule has 0 aliphatic carbocycles. The van der Waals surface area contributed by atoms with Crippen molar-refractivity contribution in [2.45, 2.75) is 64.6 Å². The van der Waals surface area contributed by atoms with Crippen LogP contribution in [0.3, 0.4) is 0 Å². The van der Waals surface area contributed by atoms with Gasteiger partial charge in [-0.15, -0.1) is 0 Å². The van der Waals surface area contributed by atoms with E-state index in [4.69, 9.17) is 4.74 Å². The molecule has 18 heavy (non-hydrogen) atoms. The summed E-state index contributed by atoms with van der Waals surface area (Å²) in [7, 11) is 1.71. The van der Waals surface area contributed by atoms with Crippen LogP contribution in [0.2, 0.25) is 0 Å². The lowest BCUT2D eigenvalue weighted by Gasteiger charge is -2.29. The Hall–Kier alpha value is -0.610. The highest BCUT2D eigenvalue weighted by molar-refractivity contribution is 5.82. The molecule has 1 saturated heterocycles. The molecule has 0 aromatic heterocycles. The number of nitrogens with one attached hydrogen (secondary N) is 1. The van der Waals surface area contributed by atoms with E-state index in [1.165, 1.54) is 12.8 Å². The zero-order valence-corrected chi connectivity index (χ0v) is 12.2. The van der Waals surface area contributed by atoms with Crippen LogP contribution in [0, 0.1) is 0 Å². The molecule has 1 aliphatic rings. The van der Waals surface area contributed by atoms with Crippen LogP contribution < -0.4 is 5.32 Å². The highest BCUT2D eigenvalue weighted by atomic mass is 16.5. The molecular formula is C14H28N2O2. The van der Waals surface area contributed by atoms with Crippen molar-refractivity contribution in [1.29, 1.82) is 0 Å². The molecule has 0 aromatic carbocycles. The minimum absolute atomic E-state index is 0.0565. The largest absolute Gasteiger partial charge is 0.380 e. The van der Waals surface area contributed by atoms with Gasteiger partial charge in [-0.2, -0.15) is 0 Å². The summed E-state index contributed by atoms with van der Waals surface area (Å²) in [6.07, 6.45) is 4.46. The Bertz CT molecular complexity index is 256. The Labute approximate surface area is 111 Å². The van der Waals surface area contributed by atoms with Crippen molar-refractivity contribution < 1.29 is 9.53 Å². The molecule has 1 rings (SSSR count). The average Bonchev–Trinajstić information content (AvgIpc) is 2.82. The number of carbonyl (C=O) groups is 1. The van der Waals surface area contributed by atoms with E-state index in [-0.39, 0.29) is 24.1 Å². The summed E-state index contributed by atoms with van der Waals surface area (Å²) >= 11 is 0. The normalized spacial score (nSPS) is 23.6. The SMILES string of the molecule is CCCCCN(C(=O)C1CC(OC)CN1)C(C)C. The number of unbranched alkanes of at least 4 members (excludes halogenated alkanes) is 2. The molecule has 0 spiro atoms. The van der Waals surface area contributed by atoms with E-state index in [1.54, 1.807) is 7.11 Å². The third kappa shape index (κ3) is 4.25. The number of ether oxygens (including phenoxy) is 1. The summed E-state index contributed by atoms with van der Waals surface area (Å²) in [5.74, 6) is 0.237. The smallest absolute Gasteiger partial charge is 0.240 e. The Kier molecular flexibility index (Phi) is 6.65. The number of carbonyl (C=O) groups excluding carboxylic acids is 1. The molecule has 0 aromatic rings. The number of rotatable bonds is 7. The third-order valence-electron chi connectivity index (χ3n) is 3.63. The van der Waals surface area contributed by atoms with Gasteiger partial charge in [0.15, 0.2) is 0 Å². The van der Waals surface area contributed by atoms with Gasteiger partial charge in [-0.1, -0.05) is 19.8 Å². The molecule has 2 atom stereocenters. The van der Waals surface area contributed by atoms with Crippen LogP contribution >= 0.6 is 0 Å². The van der Waals surface area contributed by atoms with Gasteiger partial charge in [0, 0.05) is 26.2 Å². The van der Waals surface area contributed by atoms with Gasteiger partial charge >= 0.3 is 0 Å². The topological polar surface area (TPSA) is 41.6 Å². The summed E-state index contributed by atoms with van der Waals surface area (Å²) in [4.78, 5) is 14.5.